The molecule has 0 radical (unpaired) electrons. The van der Waals surface area contributed by atoms with Crippen LogP contribution in [0, 0.1) is 0 Å². The first-order valence-corrected chi connectivity index (χ1v) is 9.08. The van der Waals surface area contributed by atoms with E-state index in [1.807, 2.05) is 11.8 Å². The standard InChI is InChI=1S/C17H28N2S2/c1-5-6-7-14-8-10-15(11-9-14)19-16(20)18-12-13-21-17(2,3)4/h8-11H,5-7,12-13H2,1-4H3,(H2,18,19,20). The van der Waals surface area contributed by atoms with Crippen molar-refractivity contribution in [1.29, 1.82) is 0 Å². The van der Waals surface area contributed by atoms with Gasteiger partial charge in [0.05, 0.1) is 0 Å². The molecule has 0 saturated heterocycles. The first kappa shape index (κ1) is 18.3. The zero-order valence-electron chi connectivity index (χ0n) is 13.7. The Morgan fingerprint density at radius 2 is 1.86 bits per heavy atom. The average molecular weight is 325 g/mol. The molecule has 1 aromatic carbocycles. The second-order valence-electron chi connectivity index (χ2n) is 6.14. The van der Waals surface area contributed by atoms with E-state index in [1.165, 1.54) is 18.4 Å². The van der Waals surface area contributed by atoms with Crippen LogP contribution >= 0.6 is 24.0 Å². The van der Waals surface area contributed by atoms with Gasteiger partial charge < -0.3 is 10.6 Å². The summed E-state index contributed by atoms with van der Waals surface area (Å²) in [5.74, 6) is 1.06. The number of aryl methyl sites for hydroxylation is 1. The van der Waals surface area contributed by atoms with Crippen LogP contribution in [0.1, 0.15) is 46.1 Å². The molecule has 0 bridgehead atoms. The van der Waals surface area contributed by atoms with Gasteiger partial charge in [-0.2, -0.15) is 11.8 Å². The van der Waals surface area contributed by atoms with Gasteiger partial charge in [-0.3, -0.25) is 0 Å². The summed E-state index contributed by atoms with van der Waals surface area (Å²) in [5.41, 5.74) is 2.44. The third kappa shape index (κ3) is 8.99. The average Bonchev–Trinajstić information content (AvgIpc) is 2.42. The van der Waals surface area contributed by atoms with Gasteiger partial charge in [-0.25, -0.2) is 0 Å². The second-order valence-corrected chi connectivity index (χ2v) is 8.47. The third-order valence-electron chi connectivity index (χ3n) is 2.95. The summed E-state index contributed by atoms with van der Waals surface area (Å²) in [5, 5.41) is 7.19. The van der Waals surface area contributed by atoms with E-state index in [9.17, 15) is 0 Å². The maximum Gasteiger partial charge on any atom is 0.170 e. The van der Waals surface area contributed by atoms with Gasteiger partial charge in [-0.15, -0.1) is 0 Å². The number of hydrogen-bond donors (Lipinski definition) is 2. The van der Waals surface area contributed by atoms with Crippen molar-refractivity contribution in [3.8, 4) is 0 Å². The van der Waals surface area contributed by atoms with E-state index in [0.717, 1.165) is 24.4 Å². The van der Waals surface area contributed by atoms with Crippen LogP contribution < -0.4 is 10.6 Å². The molecule has 0 spiro atoms. The van der Waals surface area contributed by atoms with E-state index in [1.54, 1.807) is 0 Å². The molecule has 1 rings (SSSR count). The smallest absolute Gasteiger partial charge is 0.170 e. The van der Waals surface area contributed by atoms with E-state index in [2.05, 4.69) is 62.6 Å². The van der Waals surface area contributed by atoms with Gasteiger partial charge in [0.1, 0.15) is 0 Å². The SMILES string of the molecule is CCCCc1ccc(NC(=S)NCCSC(C)(C)C)cc1. The quantitative estimate of drug-likeness (QED) is 0.553. The Labute approximate surface area is 139 Å². The second kappa shape index (κ2) is 9.31. The molecule has 118 valence electrons. The van der Waals surface area contributed by atoms with Gasteiger partial charge in [-0.05, 0) is 42.8 Å². The number of thioether (sulfide) groups is 1. The largest absolute Gasteiger partial charge is 0.362 e. The highest BCUT2D eigenvalue weighted by molar-refractivity contribution is 8.00. The maximum absolute atomic E-state index is 5.31. The van der Waals surface area contributed by atoms with Gasteiger partial charge in [0, 0.05) is 22.7 Å². The van der Waals surface area contributed by atoms with Crippen LogP contribution in [0.5, 0.6) is 0 Å². The molecule has 21 heavy (non-hydrogen) atoms. The molecule has 2 nitrogen and oxygen atoms in total. The molecule has 0 unspecified atom stereocenters. The van der Waals surface area contributed by atoms with Crippen LogP contribution in [0.25, 0.3) is 0 Å². The van der Waals surface area contributed by atoms with Crippen LogP contribution in [-0.4, -0.2) is 22.2 Å². The fourth-order valence-electron chi connectivity index (χ4n) is 1.83. The fourth-order valence-corrected chi connectivity index (χ4v) is 2.87. The summed E-state index contributed by atoms with van der Waals surface area (Å²) >= 11 is 7.26. The van der Waals surface area contributed by atoms with Crippen molar-refractivity contribution in [3.05, 3.63) is 29.8 Å². The van der Waals surface area contributed by atoms with Gasteiger partial charge in [0.15, 0.2) is 5.11 Å². The summed E-state index contributed by atoms with van der Waals surface area (Å²) in [6.07, 6.45) is 3.64. The summed E-state index contributed by atoms with van der Waals surface area (Å²) < 4.78 is 0.311. The lowest BCUT2D eigenvalue weighted by molar-refractivity contribution is 0.795. The first-order valence-electron chi connectivity index (χ1n) is 7.68. The monoisotopic (exact) mass is 324 g/mol. The molecule has 0 saturated carbocycles. The van der Waals surface area contributed by atoms with Crippen LogP contribution in [0.15, 0.2) is 24.3 Å². The van der Waals surface area contributed by atoms with Crippen LogP contribution in [0.3, 0.4) is 0 Å². The molecule has 0 aliphatic carbocycles. The molecule has 0 aliphatic rings. The Kier molecular flexibility index (Phi) is 8.12. The van der Waals surface area contributed by atoms with Crippen molar-refractivity contribution < 1.29 is 0 Å². The molecular weight excluding hydrogens is 296 g/mol. The minimum atomic E-state index is 0.311. The fraction of sp³-hybridized carbons (Fsp3) is 0.588. The molecule has 0 aromatic heterocycles. The summed E-state index contributed by atoms with van der Waals surface area (Å²) in [4.78, 5) is 0. The lowest BCUT2D eigenvalue weighted by Crippen LogP contribution is -2.30. The van der Waals surface area contributed by atoms with Gasteiger partial charge in [0.25, 0.3) is 0 Å². The molecule has 2 N–H and O–H groups in total. The van der Waals surface area contributed by atoms with Crippen LogP contribution in [-0.2, 0) is 6.42 Å². The zero-order chi connectivity index (χ0) is 15.7. The Hall–Kier alpha value is -0.740. The summed E-state index contributed by atoms with van der Waals surface area (Å²) in [6, 6.07) is 8.55. The minimum Gasteiger partial charge on any atom is -0.362 e. The van der Waals surface area contributed by atoms with Gasteiger partial charge >= 0.3 is 0 Å². The number of anilines is 1. The Bertz CT molecular complexity index is 421. The third-order valence-corrected chi connectivity index (χ3v) is 4.47. The molecule has 0 atom stereocenters. The summed E-state index contributed by atoms with van der Waals surface area (Å²) in [7, 11) is 0. The lowest BCUT2D eigenvalue weighted by atomic mass is 10.1. The highest BCUT2D eigenvalue weighted by Gasteiger charge is 2.09. The molecule has 0 aliphatic heterocycles. The predicted molar refractivity (Wildman–Crippen MR) is 101 cm³/mol. The van der Waals surface area contributed by atoms with E-state index in [-0.39, 0.29) is 0 Å². The highest BCUT2D eigenvalue weighted by atomic mass is 32.2. The predicted octanol–water partition coefficient (Wildman–Crippen LogP) is 4.85. The van der Waals surface area contributed by atoms with Crippen molar-refractivity contribution in [2.45, 2.75) is 51.7 Å². The van der Waals surface area contributed by atoms with E-state index in [4.69, 9.17) is 12.2 Å². The van der Waals surface area contributed by atoms with Crippen molar-refractivity contribution in [3.63, 3.8) is 0 Å². The van der Waals surface area contributed by atoms with Crippen LogP contribution in [0.2, 0.25) is 0 Å². The number of thiocarbonyl (C=S) groups is 1. The minimum absolute atomic E-state index is 0.311. The highest BCUT2D eigenvalue weighted by Crippen LogP contribution is 2.22. The zero-order valence-corrected chi connectivity index (χ0v) is 15.3. The van der Waals surface area contributed by atoms with Gasteiger partial charge in [-0.1, -0.05) is 46.2 Å². The Balaban J connectivity index is 2.28. The van der Waals surface area contributed by atoms with Crippen molar-refractivity contribution >= 4 is 34.8 Å². The number of benzene rings is 1. The molecular formula is C17H28N2S2. The number of hydrogen-bond acceptors (Lipinski definition) is 2. The molecule has 1 aromatic rings. The van der Waals surface area contributed by atoms with E-state index >= 15 is 0 Å². The van der Waals surface area contributed by atoms with Crippen molar-refractivity contribution in [1.82, 2.24) is 5.32 Å². The number of unbranched alkanes of at least 4 members (excludes halogenated alkanes) is 1. The topological polar surface area (TPSA) is 24.1 Å². The van der Waals surface area contributed by atoms with Crippen molar-refractivity contribution in [2.24, 2.45) is 0 Å². The first-order chi connectivity index (χ1) is 9.90. The van der Waals surface area contributed by atoms with Crippen molar-refractivity contribution in [2.75, 3.05) is 17.6 Å². The number of nitrogens with one attached hydrogen (secondary N) is 2. The Morgan fingerprint density at radius 3 is 2.43 bits per heavy atom. The molecule has 0 amide bonds. The summed E-state index contributed by atoms with van der Waals surface area (Å²) in [6.45, 7) is 9.80. The maximum atomic E-state index is 5.31. The van der Waals surface area contributed by atoms with E-state index in [0.29, 0.717) is 9.86 Å². The molecule has 0 heterocycles. The Morgan fingerprint density at radius 1 is 1.19 bits per heavy atom. The normalized spacial score (nSPS) is 11.2. The number of rotatable bonds is 7. The molecule has 0 fully saturated rings. The van der Waals surface area contributed by atoms with Crippen LogP contribution in [0.4, 0.5) is 5.69 Å². The molecule has 4 heteroatoms. The van der Waals surface area contributed by atoms with Gasteiger partial charge in [0.2, 0.25) is 0 Å². The van der Waals surface area contributed by atoms with E-state index < -0.39 is 0 Å². The lowest BCUT2D eigenvalue weighted by Gasteiger charge is -2.18.